The first-order valence-corrected chi connectivity index (χ1v) is 5.06. The minimum absolute atomic E-state index is 0.655. The molecule has 0 saturated carbocycles. The summed E-state index contributed by atoms with van der Waals surface area (Å²) in [5.74, 6) is 0. The van der Waals surface area contributed by atoms with Gasteiger partial charge < -0.3 is 5.32 Å². The smallest absolute Gasteiger partial charge is 0.138 e. The van der Waals surface area contributed by atoms with Crippen molar-refractivity contribution in [1.82, 2.24) is 0 Å². The number of anilines is 1. The lowest BCUT2D eigenvalue weighted by Crippen LogP contribution is -1.96. The third-order valence-corrected chi connectivity index (χ3v) is 2.36. The van der Waals surface area contributed by atoms with Crippen molar-refractivity contribution in [3.63, 3.8) is 0 Å². The molecule has 2 nitrogen and oxygen atoms in total. The molecule has 0 aliphatic rings. The third-order valence-electron chi connectivity index (χ3n) is 1.47. The van der Waals surface area contributed by atoms with Crippen LogP contribution in [-0.2, 0) is 0 Å². The van der Waals surface area contributed by atoms with E-state index in [0.29, 0.717) is 5.02 Å². The van der Waals surface area contributed by atoms with Crippen molar-refractivity contribution in [2.75, 3.05) is 11.9 Å². The molecule has 0 bridgehead atoms. The first-order valence-electron chi connectivity index (χ1n) is 3.87. The lowest BCUT2D eigenvalue weighted by molar-refractivity contribution is 1.21. The molecule has 0 spiro atoms. The topological polar surface area (TPSA) is 35.8 Å². The van der Waals surface area contributed by atoms with Crippen LogP contribution in [0.15, 0.2) is 23.1 Å². The SMILES string of the molecule is CCNc1ccc(SC#N)cc1Cl. The van der Waals surface area contributed by atoms with Gasteiger partial charge in [-0.15, -0.1) is 0 Å². The average Bonchev–Trinajstić information content (AvgIpc) is 2.10. The van der Waals surface area contributed by atoms with Gasteiger partial charge in [0.15, 0.2) is 0 Å². The van der Waals surface area contributed by atoms with E-state index in [1.165, 1.54) is 0 Å². The van der Waals surface area contributed by atoms with Gasteiger partial charge in [0.1, 0.15) is 5.40 Å². The summed E-state index contributed by atoms with van der Waals surface area (Å²) in [6.45, 7) is 2.85. The summed E-state index contributed by atoms with van der Waals surface area (Å²) >= 11 is 7.07. The van der Waals surface area contributed by atoms with Gasteiger partial charge in [0.2, 0.25) is 0 Å². The van der Waals surface area contributed by atoms with Gasteiger partial charge in [0.05, 0.1) is 10.7 Å². The fourth-order valence-corrected chi connectivity index (χ4v) is 1.68. The summed E-state index contributed by atoms with van der Waals surface area (Å²) in [6.07, 6.45) is 0. The highest BCUT2D eigenvalue weighted by Crippen LogP contribution is 2.27. The molecule has 0 radical (unpaired) electrons. The molecule has 1 rings (SSSR count). The van der Waals surface area contributed by atoms with Crippen molar-refractivity contribution in [3.8, 4) is 5.40 Å². The Bertz CT molecular complexity index is 333. The van der Waals surface area contributed by atoms with E-state index in [0.717, 1.165) is 28.9 Å². The molecule has 68 valence electrons. The minimum Gasteiger partial charge on any atom is -0.384 e. The van der Waals surface area contributed by atoms with E-state index < -0.39 is 0 Å². The zero-order chi connectivity index (χ0) is 9.68. The highest BCUT2D eigenvalue weighted by atomic mass is 35.5. The quantitative estimate of drug-likeness (QED) is 0.617. The van der Waals surface area contributed by atoms with Crippen molar-refractivity contribution >= 4 is 29.1 Å². The van der Waals surface area contributed by atoms with Gasteiger partial charge in [-0.05, 0) is 36.9 Å². The summed E-state index contributed by atoms with van der Waals surface area (Å²) < 4.78 is 0. The number of nitriles is 1. The zero-order valence-electron chi connectivity index (χ0n) is 7.17. The second kappa shape index (κ2) is 5.00. The molecule has 0 saturated heterocycles. The van der Waals surface area contributed by atoms with Crippen LogP contribution in [0.1, 0.15) is 6.92 Å². The van der Waals surface area contributed by atoms with Gasteiger partial charge >= 0.3 is 0 Å². The van der Waals surface area contributed by atoms with E-state index in [1.54, 1.807) is 6.07 Å². The van der Waals surface area contributed by atoms with Crippen molar-refractivity contribution < 1.29 is 0 Å². The Hall–Kier alpha value is -0.850. The number of halogens is 1. The molecule has 0 atom stereocenters. The Morgan fingerprint density at radius 1 is 1.62 bits per heavy atom. The summed E-state index contributed by atoms with van der Waals surface area (Å²) in [6, 6.07) is 5.54. The molecule has 0 aliphatic heterocycles. The molecule has 0 heterocycles. The molecule has 1 N–H and O–H groups in total. The lowest BCUT2D eigenvalue weighted by Gasteiger charge is -2.05. The number of nitrogens with one attached hydrogen (secondary N) is 1. The average molecular weight is 213 g/mol. The van der Waals surface area contributed by atoms with Crippen LogP contribution in [-0.4, -0.2) is 6.54 Å². The van der Waals surface area contributed by atoms with Crippen LogP contribution in [0.4, 0.5) is 5.69 Å². The summed E-state index contributed by atoms with van der Waals surface area (Å²) in [5, 5.41) is 14.2. The van der Waals surface area contributed by atoms with Crippen LogP contribution in [0.2, 0.25) is 5.02 Å². The minimum atomic E-state index is 0.655. The predicted octanol–water partition coefficient (Wildman–Crippen LogP) is 3.34. The van der Waals surface area contributed by atoms with E-state index in [2.05, 4.69) is 5.32 Å². The number of hydrogen-bond acceptors (Lipinski definition) is 3. The maximum Gasteiger partial charge on any atom is 0.138 e. The number of thiocyanates is 1. The number of rotatable bonds is 3. The summed E-state index contributed by atoms with van der Waals surface area (Å²) in [7, 11) is 0. The monoisotopic (exact) mass is 212 g/mol. The molecule has 0 aliphatic carbocycles. The van der Waals surface area contributed by atoms with Gasteiger partial charge in [-0.3, -0.25) is 0 Å². The molecule has 13 heavy (non-hydrogen) atoms. The van der Waals surface area contributed by atoms with E-state index in [1.807, 2.05) is 24.5 Å². The fourth-order valence-electron chi connectivity index (χ4n) is 0.946. The first kappa shape index (κ1) is 10.2. The Labute approximate surface area is 86.9 Å². The van der Waals surface area contributed by atoms with Crippen LogP contribution in [0.25, 0.3) is 0 Å². The van der Waals surface area contributed by atoms with Gasteiger partial charge in [0, 0.05) is 11.4 Å². The number of benzene rings is 1. The second-order valence-electron chi connectivity index (χ2n) is 2.37. The molecule has 0 fully saturated rings. The van der Waals surface area contributed by atoms with Crippen LogP contribution < -0.4 is 5.32 Å². The second-order valence-corrected chi connectivity index (χ2v) is 3.63. The molecule has 4 heteroatoms. The summed E-state index contributed by atoms with van der Waals surface area (Å²) in [5.41, 5.74) is 0.909. The highest BCUT2D eigenvalue weighted by Gasteiger charge is 2.00. The molecule has 0 unspecified atom stereocenters. The lowest BCUT2D eigenvalue weighted by atomic mass is 10.3. The van der Waals surface area contributed by atoms with Crippen molar-refractivity contribution in [3.05, 3.63) is 23.2 Å². The van der Waals surface area contributed by atoms with Crippen LogP contribution in [0, 0.1) is 10.7 Å². The first-order chi connectivity index (χ1) is 6.27. The Morgan fingerprint density at radius 2 is 2.38 bits per heavy atom. The van der Waals surface area contributed by atoms with Crippen LogP contribution in [0.5, 0.6) is 0 Å². The van der Waals surface area contributed by atoms with Gasteiger partial charge in [0.25, 0.3) is 0 Å². The normalized spacial score (nSPS) is 9.31. The van der Waals surface area contributed by atoms with E-state index in [9.17, 15) is 0 Å². The molecule has 0 amide bonds. The van der Waals surface area contributed by atoms with Gasteiger partial charge in [-0.2, -0.15) is 5.26 Å². The number of nitrogens with zero attached hydrogens (tertiary/aromatic N) is 1. The van der Waals surface area contributed by atoms with Crippen molar-refractivity contribution in [1.29, 1.82) is 5.26 Å². The Morgan fingerprint density at radius 3 is 2.92 bits per heavy atom. The van der Waals surface area contributed by atoms with Gasteiger partial charge in [-0.1, -0.05) is 11.6 Å². The van der Waals surface area contributed by atoms with Crippen LogP contribution >= 0.6 is 23.4 Å². The molecular weight excluding hydrogens is 204 g/mol. The fraction of sp³-hybridized carbons (Fsp3) is 0.222. The van der Waals surface area contributed by atoms with E-state index >= 15 is 0 Å². The Kier molecular flexibility index (Phi) is 3.94. The zero-order valence-corrected chi connectivity index (χ0v) is 8.75. The van der Waals surface area contributed by atoms with Crippen molar-refractivity contribution in [2.24, 2.45) is 0 Å². The largest absolute Gasteiger partial charge is 0.384 e. The molecule has 1 aromatic rings. The summed E-state index contributed by atoms with van der Waals surface area (Å²) in [4.78, 5) is 0.870. The third kappa shape index (κ3) is 2.83. The van der Waals surface area contributed by atoms with Crippen molar-refractivity contribution in [2.45, 2.75) is 11.8 Å². The maximum absolute atomic E-state index is 8.44. The molecular formula is C9H9ClN2S. The molecule has 0 aromatic heterocycles. The Balaban J connectivity index is 2.86. The molecule has 1 aromatic carbocycles. The highest BCUT2D eigenvalue weighted by molar-refractivity contribution is 8.03. The van der Waals surface area contributed by atoms with E-state index in [-0.39, 0.29) is 0 Å². The van der Waals surface area contributed by atoms with Gasteiger partial charge in [-0.25, -0.2) is 0 Å². The van der Waals surface area contributed by atoms with Crippen LogP contribution in [0.3, 0.4) is 0 Å². The predicted molar refractivity (Wildman–Crippen MR) is 57.1 cm³/mol. The van der Waals surface area contributed by atoms with E-state index in [4.69, 9.17) is 16.9 Å². The maximum atomic E-state index is 8.44. The standard InChI is InChI=1S/C9H9ClN2S/c1-2-12-9-4-3-7(13-6-11)5-8(9)10/h3-5,12H,2H2,1H3. The number of thioether (sulfide) groups is 1. The number of hydrogen-bond donors (Lipinski definition) is 1.